The minimum Gasteiger partial charge on any atom is -0.492 e. The highest BCUT2D eigenvalue weighted by Gasteiger charge is 2.01. The van der Waals surface area contributed by atoms with Gasteiger partial charge in [-0.25, -0.2) is 4.79 Å². The Balaban J connectivity index is 1.64. The highest BCUT2D eigenvalue weighted by molar-refractivity contribution is 5.83. The van der Waals surface area contributed by atoms with Crippen molar-refractivity contribution in [3.8, 4) is 5.75 Å². The van der Waals surface area contributed by atoms with Crippen LogP contribution < -0.4 is 15.4 Å². The third kappa shape index (κ3) is 5.86. The van der Waals surface area contributed by atoms with Crippen LogP contribution in [0.3, 0.4) is 0 Å². The molecule has 2 amide bonds. The summed E-state index contributed by atoms with van der Waals surface area (Å²) in [5.41, 5.74) is 0. The van der Waals surface area contributed by atoms with E-state index in [1.807, 2.05) is 42.5 Å². The molecule has 0 fully saturated rings. The van der Waals surface area contributed by atoms with Crippen LogP contribution in [0.15, 0.2) is 42.5 Å². The fraction of sp³-hybridized carbons (Fsp3) is 0.294. The largest absolute Gasteiger partial charge is 0.492 e. The van der Waals surface area contributed by atoms with Crippen molar-refractivity contribution in [1.82, 2.24) is 10.6 Å². The van der Waals surface area contributed by atoms with Crippen LogP contribution in [0, 0.1) is 0 Å². The SMILES string of the molecule is O=C(O)CCCNC(=O)NCCOc1ccc2ccccc2c1. The molecule has 23 heavy (non-hydrogen) atoms. The number of hydrogen-bond donors (Lipinski definition) is 3. The van der Waals surface area contributed by atoms with Gasteiger partial charge in [-0.3, -0.25) is 4.79 Å². The normalized spacial score (nSPS) is 10.3. The number of carbonyl (C=O) groups is 2. The maximum Gasteiger partial charge on any atom is 0.314 e. The summed E-state index contributed by atoms with van der Waals surface area (Å²) in [6.45, 7) is 1.07. The molecule has 0 spiro atoms. The summed E-state index contributed by atoms with van der Waals surface area (Å²) in [5.74, 6) is -0.108. The van der Waals surface area contributed by atoms with E-state index in [2.05, 4.69) is 10.6 Å². The second kappa shape index (κ2) is 8.63. The van der Waals surface area contributed by atoms with E-state index in [1.165, 1.54) is 0 Å². The lowest BCUT2D eigenvalue weighted by Crippen LogP contribution is -2.38. The third-order valence-electron chi connectivity index (χ3n) is 3.23. The van der Waals surface area contributed by atoms with E-state index < -0.39 is 5.97 Å². The summed E-state index contributed by atoms with van der Waals surface area (Å²) in [7, 11) is 0. The van der Waals surface area contributed by atoms with Crippen LogP contribution in [-0.4, -0.2) is 36.8 Å². The summed E-state index contributed by atoms with van der Waals surface area (Å²) in [6, 6.07) is 13.5. The number of fused-ring (bicyclic) bond motifs is 1. The topological polar surface area (TPSA) is 87.7 Å². The number of hydrogen-bond acceptors (Lipinski definition) is 3. The van der Waals surface area contributed by atoms with Gasteiger partial charge < -0.3 is 20.5 Å². The van der Waals surface area contributed by atoms with Crippen LogP contribution in [0.1, 0.15) is 12.8 Å². The van der Waals surface area contributed by atoms with Crippen molar-refractivity contribution >= 4 is 22.8 Å². The zero-order valence-electron chi connectivity index (χ0n) is 12.7. The van der Waals surface area contributed by atoms with Gasteiger partial charge in [-0.2, -0.15) is 0 Å². The first-order chi connectivity index (χ1) is 11.1. The van der Waals surface area contributed by atoms with E-state index in [4.69, 9.17) is 9.84 Å². The number of amides is 2. The molecule has 0 saturated carbocycles. The molecule has 0 aromatic heterocycles. The Hall–Kier alpha value is -2.76. The molecule has 6 nitrogen and oxygen atoms in total. The van der Waals surface area contributed by atoms with Gasteiger partial charge in [0.1, 0.15) is 12.4 Å². The number of aliphatic carboxylic acids is 1. The summed E-state index contributed by atoms with van der Waals surface area (Å²) in [6.07, 6.45) is 0.460. The summed E-state index contributed by atoms with van der Waals surface area (Å²) in [4.78, 5) is 21.8. The molecular formula is C17H20N2O4. The Morgan fingerprint density at radius 1 is 1.00 bits per heavy atom. The molecule has 6 heteroatoms. The van der Waals surface area contributed by atoms with Gasteiger partial charge in [0.15, 0.2) is 0 Å². The number of carboxylic acids is 1. The Kier molecular flexibility index (Phi) is 6.23. The lowest BCUT2D eigenvalue weighted by Gasteiger charge is -2.09. The number of urea groups is 1. The fourth-order valence-corrected chi connectivity index (χ4v) is 2.09. The molecule has 0 aliphatic rings. The summed E-state index contributed by atoms with van der Waals surface area (Å²) < 4.78 is 5.60. The van der Waals surface area contributed by atoms with Gasteiger partial charge in [0.2, 0.25) is 0 Å². The van der Waals surface area contributed by atoms with Gasteiger partial charge in [-0.15, -0.1) is 0 Å². The second-order valence-corrected chi connectivity index (χ2v) is 5.04. The maximum atomic E-state index is 11.4. The summed E-state index contributed by atoms with van der Waals surface area (Å²) >= 11 is 0. The van der Waals surface area contributed by atoms with Crippen molar-refractivity contribution < 1.29 is 19.4 Å². The van der Waals surface area contributed by atoms with E-state index in [0.717, 1.165) is 16.5 Å². The average Bonchev–Trinajstić information content (AvgIpc) is 2.55. The van der Waals surface area contributed by atoms with E-state index in [1.54, 1.807) is 0 Å². The lowest BCUT2D eigenvalue weighted by atomic mass is 10.1. The Bertz CT molecular complexity index is 672. The molecule has 3 N–H and O–H groups in total. The molecule has 0 aliphatic carbocycles. The van der Waals surface area contributed by atoms with Crippen LogP contribution in [0.2, 0.25) is 0 Å². The third-order valence-corrected chi connectivity index (χ3v) is 3.23. The number of rotatable bonds is 8. The average molecular weight is 316 g/mol. The minimum atomic E-state index is -0.865. The minimum absolute atomic E-state index is 0.0470. The molecule has 0 bridgehead atoms. The van der Waals surface area contributed by atoms with Crippen molar-refractivity contribution in [3.63, 3.8) is 0 Å². The van der Waals surface area contributed by atoms with Gasteiger partial charge >= 0.3 is 12.0 Å². The van der Waals surface area contributed by atoms with Crippen molar-refractivity contribution in [1.29, 1.82) is 0 Å². The number of benzene rings is 2. The second-order valence-electron chi connectivity index (χ2n) is 5.04. The Labute approximate surface area is 134 Å². The predicted molar refractivity (Wildman–Crippen MR) is 87.7 cm³/mol. The van der Waals surface area contributed by atoms with E-state index >= 15 is 0 Å². The van der Waals surface area contributed by atoms with Crippen molar-refractivity contribution in [2.24, 2.45) is 0 Å². The van der Waals surface area contributed by atoms with E-state index in [9.17, 15) is 9.59 Å². The first-order valence-electron chi connectivity index (χ1n) is 7.50. The lowest BCUT2D eigenvalue weighted by molar-refractivity contribution is -0.137. The van der Waals surface area contributed by atoms with Gasteiger partial charge in [-0.1, -0.05) is 30.3 Å². The smallest absolute Gasteiger partial charge is 0.314 e. The first kappa shape index (κ1) is 16.6. The molecule has 2 aromatic carbocycles. The van der Waals surface area contributed by atoms with Gasteiger partial charge in [-0.05, 0) is 29.3 Å². The molecule has 0 unspecified atom stereocenters. The van der Waals surface area contributed by atoms with E-state index in [0.29, 0.717) is 26.1 Å². The van der Waals surface area contributed by atoms with Crippen molar-refractivity contribution in [2.45, 2.75) is 12.8 Å². The summed E-state index contributed by atoms with van der Waals surface area (Å²) in [5, 5.41) is 16.0. The first-order valence-corrected chi connectivity index (χ1v) is 7.50. The van der Waals surface area contributed by atoms with Gasteiger partial charge in [0, 0.05) is 13.0 Å². The number of ether oxygens (including phenoxy) is 1. The van der Waals surface area contributed by atoms with Crippen LogP contribution >= 0.6 is 0 Å². The monoisotopic (exact) mass is 316 g/mol. The van der Waals surface area contributed by atoms with Gasteiger partial charge in [0.25, 0.3) is 0 Å². The molecule has 2 aromatic rings. The highest BCUT2D eigenvalue weighted by atomic mass is 16.5. The van der Waals surface area contributed by atoms with Crippen LogP contribution in [-0.2, 0) is 4.79 Å². The number of carbonyl (C=O) groups excluding carboxylic acids is 1. The molecule has 0 saturated heterocycles. The fourth-order valence-electron chi connectivity index (χ4n) is 2.09. The van der Waals surface area contributed by atoms with Crippen molar-refractivity contribution in [2.75, 3.05) is 19.7 Å². The van der Waals surface area contributed by atoms with Crippen LogP contribution in [0.5, 0.6) is 5.75 Å². The van der Waals surface area contributed by atoms with Crippen LogP contribution in [0.25, 0.3) is 10.8 Å². The highest BCUT2D eigenvalue weighted by Crippen LogP contribution is 2.20. The quantitative estimate of drug-likeness (QED) is 0.653. The van der Waals surface area contributed by atoms with Crippen LogP contribution in [0.4, 0.5) is 4.79 Å². The Morgan fingerprint density at radius 3 is 2.52 bits per heavy atom. The molecule has 0 atom stereocenters. The predicted octanol–water partition coefficient (Wildman–Crippen LogP) is 2.38. The molecule has 2 rings (SSSR count). The standard InChI is InChI=1S/C17H20N2O4/c20-16(21)6-3-9-18-17(22)19-10-11-23-15-8-7-13-4-1-2-5-14(13)12-15/h1-2,4-5,7-8,12H,3,6,9-11H2,(H,20,21)(H2,18,19,22). The molecule has 0 heterocycles. The zero-order chi connectivity index (χ0) is 16.5. The zero-order valence-corrected chi connectivity index (χ0v) is 12.7. The molecule has 0 aliphatic heterocycles. The molecule has 0 radical (unpaired) electrons. The Morgan fingerprint density at radius 2 is 1.74 bits per heavy atom. The number of carboxylic acid groups (broad SMARTS) is 1. The molecular weight excluding hydrogens is 296 g/mol. The van der Waals surface area contributed by atoms with Crippen molar-refractivity contribution in [3.05, 3.63) is 42.5 Å². The van der Waals surface area contributed by atoms with E-state index in [-0.39, 0.29) is 12.5 Å². The maximum absolute atomic E-state index is 11.4. The van der Waals surface area contributed by atoms with Gasteiger partial charge in [0.05, 0.1) is 6.54 Å². The molecule has 122 valence electrons. The number of nitrogens with one attached hydrogen (secondary N) is 2.